The van der Waals surface area contributed by atoms with Crippen molar-refractivity contribution in [2.24, 2.45) is 0 Å². The molecule has 17 heavy (non-hydrogen) atoms. The molecule has 1 heterocycles. The fourth-order valence-corrected chi connectivity index (χ4v) is 1.91. The largest absolute Gasteiger partial charge is 0.382 e. The highest BCUT2D eigenvalue weighted by atomic mass is 16.5. The summed E-state index contributed by atoms with van der Waals surface area (Å²) in [5.74, 6) is 1.17. The highest BCUT2D eigenvalue weighted by molar-refractivity contribution is 4.95. The normalized spacial score (nSPS) is 12.9. The van der Waals surface area contributed by atoms with Crippen LogP contribution in [0.3, 0.4) is 0 Å². The molecule has 1 aromatic rings. The van der Waals surface area contributed by atoms with E-state index in [-0.39, 0.29) is 0 Å². The molecule has 1 unspecified atom stereocenters. The summed E-state index contributed by atoms with van der Waals surface area (Å²) >= 11 is 0. The minimum atomic E-state index is 0.444. The number of hydrogen-bond donors (Lipinski definition) is 1. The number of nitrogens with zero attached hydrogens (tertiary/aromatic N) is 2. The molecule has 0 radical (unpaired) electrons. The van der Waals surface area contributed by atoms with E-state index in [9.17, 15) is 0 Å². The summed E-state index contributed by atoms with van der Waals surface area (Å²) in [5, 5.41) is 3.34. The predicted octanol–water partition coefficient (Wildman–Crippen LogP) is 1.85. The molecule has 4 heteroatoms. The van der Waals surface area contributed by atoms with E-state index in [0.29, 0.717) is 6.04 Å². The first-order chi connectivity index (χ1) is 8.31. The van der Waals surface area contributed by atoms with Crippen LogP contribution in [0.15, 0.2) is 12.4 Å². The second kappa shape index (κ2) is 8.25. The Kier molecular flexibility index (Phi) is 6.89. The first kappa shape index (κ1) is 14.2. The molecule has 0 aromatic carbocycles. The number of imidazole rings is 1. The Balaban J connectivity index is 2.45. The van der Waals surface area contributed by atoms with Crippen LogP contribution in [0, 0.1) is 0 Å². The van der Waals surface area contributed by atoms with Crippen molar-refractivity contribution >= 4 is 0 Å². The molecule has 0 amide bonds. The second-order valence-electron chi connectivity index (χ2n) is 4.21. The lowest BCUT2D eigenvalue weighted by Crippen LogP contribution is -2.30. The average Bonchev–Trinajstić information content (AvgIpc) is 2.76. The van der Waals surface area contributed by atoms with Crippen molar-refractivity contribution in [3.05, 3.63) is 18.2 Å². The highest BCUT2D eigenvalue weighted by Crippen LogP contribution is 2.05. The Hall–Kier alpha value is -0.870. The molecule has 1 atom stereocenters. The van der Waals surface area contributed by atoms with Gasteiger partial charge in [-0.3, -0.25) is 0 Å². The Bertz CT molecular complexity index is 299. The summed E-state index contributed by atoms with van der Waals surface area (Å²) in [5.41, 5.74) is 0. The number of hydrogen-bond acceptors (Lipinski definition) is 3. The summed E-state index contributed by atoms with van der Waals surface area (Å²) in [6.45, 7) is 6.88. The molecule has 1 aromatic heterocycles. The van der Waals surface area contributed by atoms with Gasteiger partial charge in [0.25, 0.3) is 0 Å². The molecule has 0 saturated heterocycles. The lowest BCUT2D eigenvalue weighted by atomic mass is 10.1. The van der Waals surface area contributed by atoms with Gasteiger partial charge in [-0.25, -0.2) is 4.98 Å². The van der Waals surface area contributed by atoms with Gasteiger partial charge in [0.05, 0.1) is 0 Å². The van der Waals surface area contributed by atoms with Crippen LogP contribution in [0.25, 0.3) is 0 Å². The Morgan fingerprint density at radius 3 is 2.94 bits per heavy atom. The molecule has 1 N–H and O–H groups in total. The average molecular weight is 239 g/mol. The van der Waals surface area contributed by atoms with E-state index in [4.69, 9.17) is 4.74 Å². The second-order valence-corrected chi connectivity index (χ2v) is 4.21. The van der Waals surface area contributed by atoms with Crippen molar-refractivity contribution in [2.45, 2.75) is 45.7 Å². The van der Waals surface area contributed by atoms with E-state index in [1.165, 1.54) is 5.82 Å². The molecule has 0 bridgehead atoms. The molecule has 0 fully saturated rings. The van der Waals surface area contributed by atoms with Gasteiger partial charge in [-0.05, 0) is 26.8 Å². The summed E-state index contributed by atoms with van der Waals surface area (Å²) in [6, 6.07) is 0.444. The third-order valence-corrected chi connectivity index (χ3v) is 2.92. The van der Waals surface area contributed by atoms with Crippen LogP contribution >= 0.6 is 0 Å². The number of nitrogens with one attached hydrogen (secondary N) is 1. The summed E-state index contributed by atoms with van der Waals surface area (Å²) in [4.78, 5) is 4.43. The van der Waals surface area contributed by atoms with Crippen LogP contribution in [0.5, 0.6) is 0 Å². The van der Waals surface area contributed by atoms with E-state index >= 15 is 0 Å². The minimum Gasteiger partial charge on any atom is -0.382 e. The topological polar surface area (TPSA) is 39.1 Å². The van der Waals surface area contributed by atoms with E-state index in [1.54, 1.807) is 0 Å². The van der Waals surface area contributed by atoms with Crippen molar-refractivity contribution in [3.63, 3.8) is 0 Å². The van der Waals surface area contributed by atoms with E-state index in [1.807, 2.05) is 20.2 Å². The first-order valence-corrected chi connectivity index (χ1v) is 6.56. The number of likely N-dealkylation sites (N-methyl/N-ethyl adjacent to an activating group) is 1. The zero-order valence-corrected chi connectivity index (χ0v) is 11.3. The minimum absolute atomic E-state index is 0.444. The molecule has 0 aliphatic heterocycles. The standard InChI is InChI=1S/C13H25N3O/c1-4-8-16-9-7-15-13(16)11-12(14-3)6-10-17-5-2/h7,9,12,14H,4-6,8,10-11H2,1-3H3. The Labute approximate surface area is 104 Å². The maximum Gasteiger partial charge on any atom is 0.110 e. The van der Waals surface area contributed by atoms with Crippen LogP contribution in [0.4, 0.5) is 0 Å². The van der Waals surface area contributed by atoms with Gasteiger partial charge in [-0.1, -0.05) is 6.92 Å². The molecule has 1 rings (SSSR count). The lowest BCUT2D eigenvalue weighted by Gasteiger charge is -2.16. The number of rotatable bonds is 9. The number of aryl methyl sites for hydroxylation is 1. The van der Waals surface area contributed by atoms with Crippen molar-refractivity contribution < 1.29 is 4.74 Å². The molecular weight excluding hydrogens is 214 g/mol. The summed E-state index contributed by atoms with van der Waals surface area (Å²) in [7, 11) is 2.00. The van der Waals surface area contributed by atoms with Gasteiger partial charge in [0, 0.05) is 44.6 Å². The molecule has 0 aliphatic carbocycles. The highest BCUT2D eigenvalue weighted by Gasteiger charge is 2.11. The van der Waals surface area contributed by atoms with E-state index < -0.39 is 0 Å². The van der Waals surface area contributed by atoms with Crippen LogP contribution in [-0.2, 0) is 17.7 Å². The van der Waals surface area contributed by atoms with Gasteiger partial charge in [0.1, 0.15) is 5.82 Å². The van der Waals surface area contributed by atoms with E-state index in [2.05, 4.69) is 28.0 Å². The van der Waals surface area contributed by atoms with Crippen molar-refractivity contribution in [1.82, 2.24) is 14.9 Å². The van der Waals surface area contributed by atoms with Gasteiger partial charge < -0.3 is 14.6 Å². The van der Waals surface area contributed by atoms with Crippen LogP contribution in [-0.4, -0.2) is 35.9 Å². The Morgan fingerprint density at radius 2 is 2.29 bits per heavy atom. The first-order valence-electron chi connectivity index (χ1n) is 6.56. The quantitative estimate of drug-likeness (QED) is 0.668. The van der Waals surface area contributed by atoms with E-state index in [0.717, 1.165) is 39.0 Å². The van der Waals surface area contributed by atoms with Crippen LogP contribution in [0.2, 0.25) is 0 Å². The fraction of sp³-hybridized carbons (Fsp3) is 0.769. The molecule has 0 saturated carbocycles. The van der Waals surface area contributed by atoms with Gasteiger partial charge in [-0.2, -0.15) is 0 Å². The van der Waals surface area contributed by atoms with Crippen molar-refractivity contribution in [1.29, 1.82) is 0 Å². The predicted molar refractivity (Wildman–Crippen MR) is 70.2 cm³/mol. The fourth-order valence-electron chi connectivity index (χ4n) is 1.91. The molecule has 0 aliphatic rings. The van der Waals surface area contributed by atoms with Crippen LogP contribution in [0.1, 0.15) is 32.5 Å². The SMILES string of the molecule is CCCn1ccnc1CC(CCOCC)NC. The number of ether oxygens (including phenoxy) is 1. The smallest absolute Gasteiger partial charge is 0.110 e. The third-order valence-electron chi connectivity index (χ3n) is 2.92. The molecule has 98 valence electrons. The maximum absolute atomic E-state index is 5.40. The zero-order chi connectivity index (χ0) is 12.5. The summed E-state index contributed by atoms with van der Waals surface area (Å²) < 4.78 is 7.64. The van der Waals surface area contributed by atoms with Gasteiger partial charge in [0.2, 0.25) is 0 Å². The zero-order valence-electron chi connectivity index (χ0n) is 11.3. The van der Waals surface area contributed by atoms with Gasteiger partial charge in [0.15, 0.2) is 0 Å². The molecule has 0 spiro atoms. The third kappa shape index (κ3) is 4.88. The van der Waals surface area contributed by atoms with Crippen molar-refractivity contribution in [2.75, 3.05) is 20.3 Å². The molecular formula is C13H25N3O. The van der Waals surface area contributed by atoms with Gasteiger partial charge >= 0.3 is 0 Å². The number of aromatic nitrogens is 2. The monoisotopic (exact) mass is 239 g/mol. The Morgan fingerprint density at radius 1 is 1.47 bits per heavy atom. The lowest BCUT2D eigenvalue weighted by molar-refractivity contribution is 0.137. The summed E-state index contributed by atoms with van der Waals surface area (Å²) in [6.07, 6.45) is 7.10. The van der Waals surface area contributed by atoms with Crippen molar-refractivity contribution in [3.8, 4) is 0 Å². The molecule has 4 nitrogen and oxygen atoms in total. The van der Waals surface area contributed by atoms with Crippen LogP contribution < -0.4 is 5.32 Å². The van der Waals surface area contributed by atoms with Gasteiger partial charge in [-0.15, -0.1) is 0 Å². The maximum atomic E-state index is 5.40.